The highest BCUT2D eigenvalue weighted by atomic mass is 16.6. The molecule has 2 aromatic carbocycles. The topological polar surface area (TPSA) is 66.8 Å². The summed E-state index contributed by atoms with van der Waals surface area (Å²) >= 11 is 0. The van der Waals surface area contributed by atoms with Crippen LogP contribution in [-0.2, 0) is 9.53 Å². The van der Waals surface area contributed by atoms with Crippen molar-refractivity contribution in [1.82, 2.24) is 4.90 Å². The Bertz CT molecular complexity index is 863. The van der Waals surface area contributed by atoms with Gasteiger partial charge in [0.05, 0.1) is 0 Å². The highest BCUT2D eigenvalue weighted by Gasteiger charge is 2.57. The summed E-state index contributed by atoms with van der Waals surface area (Å²) in [5, 5.41) is 9.42. The fourth-order valence-electron chi connectivity index (χ4n) is 4.65. The Hall–Kier alpha value is -2.82. The fraction of sp³-hybridized carbons (Fsp3) is 0.333. The van der Waals surface area contributed by atoms with Crippen molar-refractivity contribution >= 4 is 12.1 Å². The summed E-state index contributed by atoms with van der Waals surface area (Å²) in [4.78, 5) is 25.4. The smallest absolute Gasteiger partial charge is 0.410 e. The van der Waals surface area contributed by atoms with Crippen molar-refractivity contribution in [2.45, 2.75) is 18.4 Å². The number of rotatable bonds is 3. The molecule has 0 radical (unpaired) electrons. The highest BCUT2D eigenvalue weighted by molar-refractivity contribution is 5.82. The van der Waals surface area contributed by atoms with Crippen LogP contribution in [0, 0.1) is 11.8 Å². The van der Waals surface area contributed by atoms with Crippen LogP contribution in [0.15, 0.2) is 48.5 Å². The van der Waals surface area contributed by atoms with Crippen molar-refractivity contribution in [2.75, 3.05) is 13.2 Å². The van der Waals surface area contributed by atoms with Gasteiger partial charge >= 0.3 is 12.1 Å². The number of carboxylic acids is 1. The number of benzene rings is 2. The molecule has 5 rings (SSSR count). The number of ether oxygens (including phenoxy) is 1. The van der Waals surface area contributed by atoms with Gasteiger partial charge in [0.15, 0.2) is 0 Å². The zero-order valence-corrected chi connectivity index (χ0v) is 14.2. The number of amides is 1. The van der Waals surface area contributed by atoms with Crippen LogP contribution in [0.2, 0.25) is 0 Å². The second-order valence-electron chi connectivity index (χ2n) is 7.40. The first kappa shape index (κ1) is 15.4. The summed E-state index contributed by atoms with van der Waals surface area (Å²) in [6, 6.07) is 15.6. The number of likely N-dealkylation sites (tertiary alicyclic amines) is 1. The van der Waals surface area contributed by atoms with Gasteiger partial charge in [-0.3, -0.25) is 4.90 Å². The Morgan fingerprint density at radius 1 is 1.04 bits per heavy atom. The largest absolute Gasteiger partial charge is 0.480 e. The lowest BCUT2D eigenvalue weighted by atomic mass is 9.98. The van der Waals surface area contributed by atoms with Gasteiger partial charge < -0.3 is 9.84 Å². The van der Waals surface area contributed by atoms with Crippen LogP contribution in [0.5, 0.6) is 0 Å². The molecule has 2 fully saturated rings. The molecule has 0 bridgehead atoms. The molecular formula is C21H19NO4. The van der Waals surface area contributed by atoms with Crippen LogP contribution in [-0.4, -0.2) is 41.3 Å². The maximum absolute atomic E-state index is 12.5. The summed E-state index contributed by atoms with van der Waals surface area (Å²) in [6.45, 7) is 0.726. The Labute approximate surface area is 151 Å². The van der Waals surface area contributed by atoms with E-state index in [2.05, 4.69) is 24.3 Å². The number of carbonyl (C=O) groups is 2. The SMILES string of the molecule is O=C(O)C1C2CC2CN1C(=O)OCC1c2ccccc2-c2ccccc21. The third kappa shape index (κ3) is 2.23. The second kappa shape index (κ2) is 5.59. The quantitative estimate of drug-likeness (QED) is 0.923. The highest BCUT2D eigenvalue weighted by Crippen LogP contribution is 2.50. The van der Waals surface area contributed by atoms with Crippen molar-refractivity contribution in [2.24, 2.45) is 11.8 Å². The Balaban J connectivity index is 1.36. The van der Waals surface area contributed by atoms with E-state index in [4.69, 9.17) is 4.74 Å². The number of carbonyl (C=O) groups excluding carboxylic acids is 1. The van der Waals surface area contributed by atoms with Gasteiger partial charge in [0, 0.05) is 12.5 Å². The third-order valence-electron chi connectivity index (χ3n) is 5.97. The van der Waals surface area contributed by atoms with E-state index in [0.717, 1.165) is 17.5 Å². The van der Waals surface area contributed by atoms with Gasteiger partial charge in [-0.1, -0.05) is 48.5 Å². The number of nitrogens with zero attached hydrogens (tertiary/aromatic N) is 1. The Kier molecular flexibility index (Phi) is 3.32. The predicted molar refractivity (Wildman–Crippen MR) is 94.8 cm³/mol. The molecule has 3 unspecified atom stereocenters. The maximum Gasteiger partial charge on any atom is 0.410 e. The normalized spacial score (nSPS) is 25.4. The number of hydrogen-bond acceptors (Lipinski definition) is 3. The molecule has 1 saturated heterocycles. The van der Waals surface area contributed by atoms with E-state index in [1.54, 1.807) is 0 Å². The van der Waals surface area contributed by atoms with Crippen molar-refractivity contribution in [3.8, 4) is 11.1 Å². The van der Waals surface area contributed by atoms with E-state index < -0.39 is 18.1 Å². The van der Waals surface area contributed by atoms with Crippen molar-refractivity contribution in [1.29, 1.82) is 0 Å². The lowest BCUT2D eigenvalue weighted by Gasteiger charge is -2.24. The molecule has 2 aromatic rings. The summed E-state index contributed by atoms with van der Waals surface area (Å²) in [7, 11) is 0. The van der Waals surface area contributed by atoms with Crippen molar-refractivity contribution in [3.05, 3.63) is 59.7 Å². The van der Waals surface area contributed by atoms with Gasteiger partial charge in [-0.25, -0.2) is 9.59 Å². The number of hydrogen-bond donors (Lipinski definition) is 1. The monoisotopic (exact) mass is 349 g/mol. The van der Waals surface area contributed by atoms with E-state index >= 15 is 0 Å². The lowest BCUT2D eigenvalue weighted by Crippen LogP contribution is -2.43. The van der Waals surface area contributed by atoms with Crippen LogP contribution in [0.3, 0.4) is 0 Å². The molecule has 1 aliphatic heterocycles. The molecular weight excluding hydrogens is 330 g/mol. The molecule has 1 amide bonds. The summed E-state index contributed by atoms with van der Waals surface area (Å²) in [6.07, 6.45) is 0.399. The zero-order valence-electron chi connectivity index (χ0n) is 14.2. The van der Waals surface area contributed by atoms with E-state index in [1.165, 1.54) is 16.0 Å². The van der Waals surface area contributed by atoms with E-state index in [-0.39, 0.29) is 18.4 Å². The van der Waals surface area contributed by atoms with Crippen LogP contribution in [0.25, 0.3) is 11.1 Å². The number of aliphatic carboxylic acids is 1. The standard InChI is InChI=1S/C21H19NO4/c23-20(24)19-17-9-12(17)10-22(19)21(25)26-11-18-15-7-3-1-5-13(15)14-6-2-4-8-16(14)18/h1-8,12,17-19H,9-11H2,(H,23,24). The van der Waals surface area contributed by atoms with Gasteiger partial charge in [0.25, 0.3) is 0 Å². The molecule has 132 valence electrons. The van der Waals surface area contributed by atoms with Gasteiger partial charge in [-0.2, -0.15) is 0 Å². The van der Waals surface area contributed by atoms with Crippen molar-refractivity contribution < 1.29 is 19.4 Å². The van der Waals surface area contributed by atoms with Crippen LogP contribution in [0.1, 0.15) is 23.5 Å². The molecule has 0 spiro atoms. The van der Waals surface area contributed by atoms with Gasteiger partial charge in [0.2, 0.25) is 0 Å². The van der Waals surface area contributed by atoms with Gasteiger partial charge in [-0.05, 0) is 40.5 Å². The molecule has 5 nitrogen and oxygen atoms in total. The van der Waals surface area contributed by atoms with Crippen LogP contribution < -0.4 is 0 Å². The average molecular weight is 349 g/mol. The van der Waals surface area contributed by atoms with Crippen LogP contribution >= 0.6 is 0 Å². The van der Waals surface area contributed by atoms with E-state index in [0.29, 0.717) is 12.5 Å². The van der Waals surface area contributed by atoms with E-state index in [9.17, 15) is 14.7 Å². The average Bonchev–Trinajstić information content (AvgIpc) is 3.19. The number of fused-ring (bicyclic) bond motifs is 4. The fourth-order valence-corrected chi connectivity index (χ4v) is 4.65. The molecule has 3 aliphatic rings. The summed E-state index contributed by atoms with van der Waals surface area (Å²) < 4.78 is 5.60. The van der Waals surface area contributed by atoms with E-state index in [1.807, 2.05) is 24.3 Å². The summed E-state index contributed by atoms with van der Waals surface area (Å²) in [5.74, 6) is -0.500. The Morgan fingerprint density at radius 3 is 2.27 bits per heavy atom. The third-order valence-corrected chi connectivity index (χ3v) is 5.97. The van der Waals surface area contributed by atoms with Crippen molar-refractivity contribution in [3.63, 3.8) is 0 Å². The molecule has 1 saturated carbocycles. The minimum atomic E-state index is -0.927. The maximum atomic E-state index is 12.5. The Morgan fingerprint density at radius 2 is 1.65 bits per heavy atom. The molecule has 2 aliphatic carbocycles. The molecule has 1 heterocycles. The first-order valence-corrected chi connectivity index (χ1v) is 8.99. The minimum Gasteiger partial charge on any atom is -0.480 e. The number of carboxylic acid groups (broad SMARTS) is 1. The summed E-state index contributed by atoms with van der Waals surface area (Å²) in [5.41, 5.74) is 4.66. The second-order valence-corrected chi connectivity index (χ2v) is 7.40. The lowest BCUT2D eigenvalue weighted by molar-refractivity contribution is -0.142. The van der Waals surface area contributed by atoms with Gasteiger partial charge in [0.1, 0.15) is 12.6 Å². The minimum absolute atomic E-state index is 0.00762. The first-order valence-electron chi connectivity index (χ1n) is 8.99. The van der Waals surface area contributed by atoms with Gasteiger partial charge in [-0.15, -0.1) is 0 Å². The molecule has 5 heteroatoms. The molecule has 1 N–H and O–H groups in total. The number of piperidine rings is 1. The zero-order chi connectivity index (χ0) is 17.8. The first-order chi connectivity index (χ1) is 12.6. The molecule has 0 aromatic heterocycles. The molecule has 3 atom stereocenters. The van der Waals surface area contributed by atoms with Crippen LogP contribution in [0.4, 0.5) is 4.79 Å². The predicted octanol–water partition coefficient (Wildman–Crippen LogP) is 3.34. The molecule has 26 heavy (non-hydrogen) atoms.